The number of hydrazine groups is 1. The minimum Gasteiger partial charge on any atom is -0.331 e. The van der Waals surface area contributed by atoms with E-state index in [1.807, 2.05) is 30.5 Å². The van der Waals surface area contributed by atoms with Gasteiger partial charge in [0.05, 0.1) is 22.3 Å². The van der Waals surface area contributed by atoms with Gasteiger partial charge in [0.1, 0.15) is 17.7 Å². The van der Waals surface area contributed by atoms with Crippen molar-refractivity contribution in [2.75, 3.05) is 12.0 Å². The normalized spacial score (nSPS) is 12.5. The van der Waals surface area contributed by atoms with Gasteiger partial charge in [-0.2, -0.15) is 16.5 Å². The average molecular weight is 494 g/mol. The first-order chi connectivity index (χ1) is 15.7. The van der Waals surface area contributed by atoms with E-state index in [1.54, 1.807) is 11.6 Å². The minimum absolute atomic E-state index is 0.0811. The van der Waals surface area contributed by atoms with Gasteiger partial charge in [-0.1, -0.05) is 12.1 Å². The summed E-state index contributed by atoms with van der Waals surface area (Å²) >= 11 is 1.44. The number of benzene rings is 2. The number of nitrogens with zero attached hydrogens (tertiary/aromatic N) is 2. The van der Waals surface area contributed by atoms with Crippen molar-refractivity contribution in [2.24, 2.45) is 7.05 Å². The number of nitrogens with one attached hydrogen (secondary N) is 3. The summed E-state index contributed by atoms with van der Waals surface area (Å²) in [5.41, 5.74) is 6.21. The predicted octanol–water partition coefficient (Wildman–Crippen LogP) is 1.50. The van der Waals surface area contributed by atoms with Crippen molar-refractivity contribution in [3.8, 4) is 0 Å². The van der Waals surface area contributed by atoms with Crippen LogP contribution < -0.4 is 15.6 Å². The highest BCUT2D eigenvalue weighted by molar-refractivity contribution is 7.98. The third-order valence-corrected chi connectivity index (χ3v) is 7.00. The first kappa shape index (κ1) is 24.7. The highest BCUT2D eigenvalue weighted by Crippen LogP contribution is 2.15. The molecule has 0 bridgehead atoms. The Morgan fingerprint density at radius 3 is 2.48 bits per heavy atom. The molecule has 0 unspecified atom stereocenters. The second kappa shape index (κ2) is 10.8. The number of imidazole rings is 1. The van der Waals surface area contributed by atoms with Crippen LogP contribution in [0.2, 0.25) is 0 Å². The average Bonchev–Trinajstić information content (AvgIpc) is 3.10. The lowest BCUT2D eigenvalue weighted by Crippen LogP contribution is -2.52. The molecule has 0 aliphatic rings. The fourth-order valence-electron chi connectivity index (χ4n) is 3.11. The first-order valence-corrected chi connectivity index (χ1v) is 12.8. The second-order valence-electron chi connectivity index (χ2n) is 7.20. The minimum atomic E-state index is -4.07. The molecule has 176 valence electrons. The highest BCUT2D eigenvalue weighted by Gasteiger charge is 2.26. The fourth-order valence-corrected chi connectivity index (χ4v) is 4.81. The smallest absolute Gasteiger partial charge is 0.256 e. The van der Waals surface area contributed by atoms with E-state index in [-0.39, 0.29) is 17.7 Å². The van der Waals surface area contributed by atoms with Crippen LogP contribution in [0.15, 0.2) is 53.4 Å². The number of sulfonamides is 1. The Labute approximate surface area is 195 Å². The molecule has 0 saturated carbocycles. The molecule has 0 fully saturated rings. The van der Waals surface area contributed by atoms with Gasteiger partial charge >= 0.3 is 0 Å². The standard InChI is InChI=1S/C21H24FN5O4S2/c1-27-18-6-4-3-5-16(18)23-19(27)13-20(28)24-25-21(29)17(11-12-32-2)26-33(30,31)15-9-7-14(22)8-10-15/h3-10,17,26H,11-13H2,1-2H3,(H,24,28)(H,25,29)/t17-/m1/s1. The quantitative estimate of drug-likeness (QED) is 0.389. The maximum absolute atomic E-state index is 13.1. The van der Waals surface area contributed by atoms with Gasteiger partial charge in [0.15, 0.2) is 0 Å². The van der Waals surface area contributed by atoms with Gasteiger partial charge in [-0.25, -0.2) is 17.8 Å². The zero-order valence-corrected chi connectivity index (χ0v) is 19.7. The van der Waals surface area contributed by atoms with Crippen LogP contribution in [0.5, 0.6) is 0 Å². The van der Waals surface area contributed by atoms with E-state index in [9.17, 15) is 22.4 Å². The molecular weight excluding hydrogens is 469 g/mol. The molecule has 3 aromatic rings. The van der Waals surface area contributed by atoms with Crippen LogP contribution in [0.3, 0.4) is 0 Å². The van der Waals surface area contributed by atoms with Crippen LogP contribution in [-0.4, -0.2) is 47.8 Å². The van der Waals surface area contributed by atoms with Crippen molar-refractivity contribution >= 4 is 44.6 Å². The van der Waals surface area contributed by atoms with Gasteiger partial charge in [0, 0.05) is 7.05 Å². The van der Waals surface area contributed by atoms with Crippen molar-refractivity contribution in [3.63, 3.8) is 0 Å². The molecule has 1 aromatic heterocycles. The largest absolute Gasteiger partial charge is 0.331 e. The molecule has 0 radical (unpaired) electrons. The van der Waals surface area contributed by atoms with Crippen LogP contribution >= 0.6 is 11.8 Å². The Balaban J connectivity index is 1.63. The lowest BCUT2D eigenvalue weighted by molar-refractivity contribution is -0.129. The first-order valence-electron chi connectivity index (χ1n) is 9.97. The Hall–Kier alpha value is -2.96. The van der Waals surface area contributed by atoms with E-state index in [0.717, 1.165) is 35.3 Å². The Morgan fingerprint density at radius 1 is 1.12 bits per heavy atom. The number of para-hydroxylation sites is 2. The highest BCUT2D eigenvalue weighted by atomic mass is 32.2. The molecule has 3 N–H and O–H groups in total. The summed E-state index contributed by atoms with van der Waals surface area (Å²) in [6.45, 7) is 0. The van der Waals surface area contributed by atoms with Gasteiger partial charge in [-0.05, 0) is 54.8 Å². The molecule has 9 nitrogen and oxygen atoms in total. The number of carbonyl (C=O) groups excluding carboxylic acids is 2. The molecule has 0 spiro atoms. The van der Waals surface area contributed by atoms with Crippen LogP contribution in [0.4, 0.5) is 4.39 Å². The van der Waals surface area contributed by atoms with E-state index < -0.39 is 33.7 Å². The Bertz CT molecular complexity index is 1250. The number of carbonyl (C=O) groups is 2. The fraction of sp³-hybridized carbons (Fsp3) is 0.286. The lowest BCUT2D eigenvalue weighted by Gasteiger charge is -2.18. The van der Waals surface area contributed by atoms with E-state index in [1.165, 1.54) is 11.8 Å². The zero-order valence-electron chi connectivity index (χ0n) is 18.0. The van der Waals surface area contributed by atoms with Gasteiger partial charge in [-0.3, -0.25) is 20.4 Å². The third-order valence-electron chi connectivity index (χ3n) is 4.87. The molecule has 2 aromatic carbocycles. The maximum atomic E-state index is 13.1. The van der Waals surface area contributed by atoms with Crippen LogP contribution in [0.25, 0.3) is 11.0 Å². The van der Waals surface area contributed by atoms with E-state index in [0.29, 0.717) is 11.6 Å². The molecule has 33 heavy (non-hydrogen) atoms. The van der Waals surface area contributed by atoms with Crippen molar-refractivity contribution in [3.05, 3.63) is 60.2 Å². The Morgan fingerprint density at radius 2 is 1.82 bits per heavy atom. The monoisotopic (exact) mass is 493 g/mol. The molecule has 0 saturated heterocycles. The van der Waals surface area contributed by atoms with Gasteiger partial charge < -0.3 is 4.57 Å². The van der Waals surface area contributed by atoms with Gasteiger partial charge in [-0.15, -0.1) is 0 Å². The van der Waals surface area contributed by atoms with E-state index in [4.69, 9.17) is 0 Å². The zero-order chi connectivity index (χ0) is 24.0. The molecule has 1 heterocycles. The summed E-state index contributed by atoms with van der Waals surface area (Å²) in [5.74, 6) is -0.787. The number of aryl methyl sites for hydroxylation is 1. The summed E-state index contributed by atoms with van der Waals surface area (Å²) in [6, 6.07) is 10.6. The summed E-state index contributed by atoms with van der Waals surface area (Å²) in [7, 11) is -2.28. The molecule has 12 heteroatoms. The lowest BCUT2D eigenvalue weighted by atomic mass is 10.2. The number of aromatic nitrogens is 2. The van der Waals surface area contributed by atoms with Crippen molar-refractivity contribution in [1.29, 1.82) is 0 Å². The van der Waals surface area contributed by atoms with Gasteiger partial charge in [0.25, 0.3) is 5.91 Å². The van der Waals surface area contributed by atoms with Crippen molar-refractivity contribution < 1.29 is 22.4 Å². The number of amides is 2. The van der Waals surface area contributed by atoms with Crippen LogP contribution in [-0.2, 0) is 33.1 Å². The van der Waals surface area contributed by atoms with Crippen molar-refractivity contribution in [1.82, 2.24) is 25.1 Å². The molecule has 2 amide bonds. The maximum Gasteiger partial charge on any atom is 0.256 e. The summed E-state index contributed by atoms with van der Waals surface area (Å²) in [4.78, 5) is 29.2. The van der Waals surface area contributed by atoms with Crippen molar-refractivity contribution in [2.45, 2.75) is 23.8 Å². The Kier molecular flexibility index (Phi) is 8.06. The molecule has 0 aliphatic carbocycles. The molecule has 0 aliphatic heterocycles. The summed E-state index contributed by atoms with van der Waals surface area (Å²) < 4.78 is 42.4. The summed E-state index contributed by atoms with van der Waals surface area (Å²) in [5, 5.41) is 0. The topological polar surface area (TPSA) is 122 Å². The molecular formula is C21H24FN5O4S2. The molecule has 3 rings (SSSR count). The second-order valence-corrected chi connectivity index (χ2v) is 9.90. The number of fused-ring (bicyclic) bond motifs is 1. The SMILES string of the molecule is CSCC[C@@H](NS(=O)(=O)c1ccc(F)cc1)C(=O)NNC(=O)Cc1nc2ccccc2n1C. The number of halogens is 1. The van der Waals surface area contributed by atoms with Gasteiger partial charge in [0.2, 0.25) is 15.9 Å². The number of rotatable bonds is 9. The molecule has 1 atom stereocenters. The third kappa shape index (κ3) is 6.30. The predicted molar refractivity (Wildman–Crippen MR) is 124 cm³/mol. The van der Waals surface area contributed by atoms with Crippen LogP contribution in [0, 0.1) is 5.82 Å². The number of hydrogen-bond donors (Lipinski definition) is 3. The summed E-state index contributed by atoms with van der Waals surface area (Å²) in [6.07, 6.45) is 1.93. The van der Waals surface area contributed by atoms with Crippen LogP contribution in [0.1, 0.15) is 12.2 Å². The van der Waals surface area contributed by atoms with E-state index in [2.05, 4.69) is 20.6 Å². The van der Waals surface area contributed by atoms with E-state index >= 15 is 0 Å². The number of thioether (sulfide) groups is 1. The number of hydrogen-bond acceptors (Lipinski definition) is 6.